The second-order valence-electron chi connectivity index (χ2n) is 6.34. The van der Waals surface area contributed by atoms with Crippen molar-refractivity contribution in [3.8, 4) is 10.4 Å². The lowest BCUT2D eigenvalue weighted by Crippen LogP contribution is -2.30. The van der Waals surface area contributed by atoms with Crippen LogP contribution in [0.2, 0.25) is 0 Å². The van der Waals surface area contributed by atoms with Crippen LogP contribution < -0.4 is 5.73 Å². The largest absolute Gasteiger partial charge is 0.327 e. The van der Waals surface area contributed by atoms with Crippen molar-refractivity contribution in [3.63, 3.8) is 0 Å². The molecule has 110 valence electrons. The maximum atomic E-state index is 6.22. The van der Waals surface area contributed by atoms with Gasteiger partial charge in [0.1, 0.15) is 5.01 Å². The van der Waals surface area contributed by atoms with Crippen LogP contribution >= 0.6 is 11.3 Å². The van der Waals surface area contributed by atoms with Gasteiger partial charge in [-0.2, -0.15) is 0 Å². The van der Waals surface area contributed by atoms with E-state index in [-0.39, 0.29) is 0 Å². The van der Waals surface area contributed by atoms with E-state index in [2.05, 4.69) is 40.2 Å². The lowest BCUT2D eigenvalue weighted by atomic mass is 9.98. The number of hydrogen-bond donors (Lipinski definition) is 1. The van der Waals surface area contributed by atoms with Gasteiger partial charge in [-0.25, -0.2) is 4.98 Å². The normalized spacial score (nSPS) is 28.9. The summed E-state index contributed by atoms with van der Waals surface area (Å²) in [6.45, 7) is 3.35. The number of aromatic nitrogens is 1. The highest BCUT2D eigenvalue weighted by Crippen LogP contribution is 2.38. The Morgan fingerprint density at radius 3 is 2.86 bits per heavy atom. The van der Waals surface area contributed by atoms with Gasteiger partial charge in [0.2, 0.25) is 0 Å². The minimum absolute atomic E-state index is 0.427. The van der Waals surface area contributed by atoms with Crippen molar-refractivity contribution in [2.75, 3.05) is 13.1 Å². The van der Waals surface area contributed by atoms with Crippen LogP contribution in [0.15, 0.2) is 36.5 Å². The first-order valence-corrected chi connectivity index (χ1v) is 8.59. The van der Waals surface area contributed by atoms with Crippen LogP contribution in [0.25, 0.3) is 10.4 Å². The van der Waals surface area contributed by atoms with Gasteiger partial charge >= 0.3 is 0 Å². The summed E-state index contributed by atoms with van der Waals surface area (Å²) in [4.78, 5) is 8.42. The summed E-state index contributed by atoms with van der Waals surface area (Å²) < 4.78 is 0. The van der Waals surface area contributed by atoms with Crippen LogP contribution in [0.5, 0.6) is 0 Å². The number of fused-ring (bicyclic) bond motifs is 1. The minimum Gasteiger partial charge on any atom is -0.327 e. The van der Waals surface area contributed by atoms with Crippen molar-refractivity contribution in [3.05, 3.63) is 41.5 Å². The zero-order valence-electron chi connectivity index (χ0n) is 12.1. The van der Waals surface area contributed by atoms with Gasteiger partial charge in [0, 0.05) is 25.3 Å². The smallest absolute Gasteiger partial charge is 0.107 e. The molecule has 0 bridgehead atoms. The summed E-state index contributed by atoms with van der Waals surface area (Å²) >= 11 is 1.82. The molecule has 2 heterocycles. The molecule has 0 radical (unpaired) electrons. The Labute approximate surface area is 129 Å². The van der Waals surface area contributed by atoms with Crippen molar-refractivity contribution < 1.29 is 0 Å². The SMILES string of the molecule is N[C@@H]1CC[C@H]2CN(Cc3ncc(-c4ccccc4)s3)C[C@H]21. The first-order chi connectivity index (χ1) is 10.3. The third-order valence-electron chi connectivity index (χ3n) is 4.96. The average Bonchev–Trinajstić information content (AvgIpc) is 3.19. The summed E-state index contributed by atoms with van der Waals surface area (Å²) in [5.74, 6) is 1.55. The Morgan fingerprint density at radius 2 is 2.05 bits per heavy atom. The lowest BCUT2D eigenvalue weighted by molar-refractivity contribution is 0.298. The number of benzene rings is 1. The van der Waals surface area contributed by atoms with Crippen molar-refractivity contribution in [1.29, 1.82) is 0 Å². The highest BCUT2D eigenvalue weighted by molar-refractivity contribution is 7.15. The van der Waals surface area contributed by atoms with Gasteiger partial charge in [-0.1, -0.05) is 30.3 Å². The molecule has 1 saturated carbocycles. The number of nitrogens with zero attached hydrogens (tertiary/aromatic N) is 2. The van der Waals surface area contributed by atoms with Crippen LogP contribution in [-0.4, -0.2) is 29.0 Å². The molecule has 1 saturated heterocycles. The first-order valence-electron chi connectivity index (χ1n) is 7.77. The van der Waals surface area contributed by atoms with Gasteiger partial charge in [-0.05, 0) is 30.2 Å². The van der Waals surface area contributed by atoms with Crippen LogP contribution in [-0.2, 0) is 6.54 Å². The van der Waals surface area contributed by atoms with Crippen LogP contribution in [0.4, 0.5) is 0 Å². The lowest BCUT2D eigenvalue weighted by Gasteiger charge is -2.16. The number of rotatable bonds is 3. The molecular formula is C17H21N3S. The fraction of sp³-hybridized carbons (Fsp3) is 0.471. The van der Waals surface area contributed by atoms with Crippen LogP contribution in [0.3, 0.4) is 0 Å². The summed E-state index contributed by atoms with van der Waals surface area (Å²) in [5, 5.41) is 1.22. The van der Waals surface area contributed by atoms with E-state index >= 15 is 0 Å². The predicted octanol–water partition coefficient (Wildman–Crippen LogP) is 2.98. The number of hydrogen-bond acceptors (Lipinski definition) is 4. The Bertz CT molecular complexity index is 610. The average molecular weight is 299 g/mol. The Morgan fingerprint density at radius 1 is 1.19 bits per heavy atom. The number of thiazole rings is 1. The van der Waals surface area contributed by atoms with E-state index in [1.807, 2.05) is 17.5 Å². The summed E-state index contributed by atoms with van der Waals surface area (Å²) in [6.07, 6.45) is 4.55. The standard InChI is InChI=1S/C17H21N3S/c18-15-7-6-13-9-20(10-14(13)15)11-17-19-8-16(21-17)12-4-2-1-3-5-12/h1-5,8,13-15H,6-7,9-11,18H2/t13-,14+,15+/m0/s1. The van der Waals surface area contributed by atoms with Crippen LogP contribution in [0, 0.1) is 11.8 Å². The predicted molar refractivity (Wildman–Crippen MR) is 87.0 cm³/mol. The third kappa shape index (κ3) is 2.63. The number of likely N-dealkylation sites (tertiary alicyclic amines) is 1. The van der Waals surface area contributed by atoms with E-state index in [0.717, 1.165) is 24.9 Å². The molecule has 2 aromatic rings. The van der Waals surface area contributed by atoms with Gasteiger partial charge in [0.25, 0.3) is 0 Å². The Hall–Kier alpha value is -1.23. The highest BCUT2D eigenvalue weighted by Gasteiger charge is 2.40. The van der Waals surface area contributed by atoms with E-state index in [1.165, 1.54) is 34.8 Å². The van der Waals surface area contributed by atoms with E-state index in [1.54, 1.807) is 0 Å². The van der Waals surface area contributed by atoms with Crippen molar-refractivity contribution >= 4 is 11.3 Å². The molecule has 1 aliphatic heterocycles. The molecule has 2 fully saturated rings. The van der Waals surface area contributed by atoms with Crippen LogP contribution in [0.1, 0.15) is 17.8 Å². The zero-order chi connectivity index (χ0) is 14.2. The topological polar surface area (TPSA) is 42.1 Å². The van der Waals surface area contributed by atoms with E-state index in [4.69, 9.17) is 5.73 Å². The second-order valence-corrected chi connectivity index (χ2v) is 7.46. The van der Waals surface area contributed by atoms with E-state index < -0.39 is 0 Å². The van der Waals surface area contributed by atoms with Gasteiger partial charge in [0.05, 0.1) is 11.4 Å². The molecule has 0 unspecified atom stereocenters. The Balaban J connectivity index is 1.44. The minimum atomic E-state index is 0.427. The van der Waals surface area contributed by atoms with Gasteiger partial charge in [-0.3, -0.25) is 4.90 Å². The van der Waals surface area contributed by atoms with Crippen molar-refractivity contribution in [2.45, 2.75) is 25.4 Å². The van der Waals surface area contributed by atoms with Gasteiger partial charge in [-0.15, -0.1) is 11.3 Å². The molecule has 0 amide bonds. The zero-order valence-corrected chi connectivity index (χ0v) is 12.9. The van der Waals surface area contributed by atoms with E-state index in [9.17, 15) is 0 Å². The molecular weight excluding hydrogens is 278 g/mol. The second kappa shape index (κ2) is 5.52. The maximum absolute atomic E-state index is 6.22. The quantitative estimate of drug-likeness (QED) is 0.947. The molecule has 1 aliphatic carbocycles. The fourth-order valence-corrected chi connectivity index (χ4v) is 4.81. The summed E-state index contributed by atoms with van der Waals surface area (Å²) in [7, 11) is 0. The molecule has 4 rings (SSSR count). The molecule has 2 aliphatic rings. The van der Waals surface area contributed by atoms with E-state index in [0.29, 0.717) is 6.04 Å². The molecule has 1 aromatic carbocycles. The molecule has 3 nitrogen and oxygen atoms in total. The molecule has 0 spiro atoms. The Kier molecular flexibility index (Phi) is 3.53. The first kappa shape index (κ1) is 13.4. The molecule has 1 aromatic heterocycles. The molecule has 2 N–H and O–H groups in total. The van der Waals surface area contributed by atoms with Gasteiger partial charge < -0.3 is 5.73 Å². The van der Waals surface area contributed by atoms with Crippen molar-refractivity contribution in [1.82, 2.24) is 9.88 Å². The summed E-state index contributed by atoms with van der Waals surface area (Å²) in [5.41, 5.74) is 7.48. The maximum Gasteiger partial charge on any atom is 0.107 e. The molecule has 3 atom stereocenters. The fourth-order valence-electron chi connectivity index (χ4n) is 3.84. The third-order valence-corrected chi connectivity index (χ3v) is 5.99. The summed E-state index contributed by atoms with van der Waals surface area (Å²) in [6, 6.07) is 10.9. The van der Waals surface area contributed by atoms with Gasteiger partial charge in [0.15, 0.2) is 0 Å². The monoisotopic (exact) mass is 299 g/mol. The molecule has 4 heteroatoms. The van der Waals surface area contributed by atoms with Crippen molar-refractivity contribution in [2.24, 2.45) is 17.6 Å². The highest BCUT2D eigenvalue weighted by atomic mass is 32.1. The number of nitrogens with two attached hydrogens (primary N) is 1. The molecule has 21 heavy (non-hydrogen) atoms.